The number of nitrogens with zero attached hydrogens (tertiary/aromatic N) is 2. The molecule has 110 valence electrons. The van der Waals surface area contributed by atoms with Gasteiger partial charge in [0, 0.05) is 44.8 Å². The van der Waals surface area contributed by atoms with Crippen molar-refractivity contribution in [1.29, 1.82) is 0 Å². The van der Waals surface area contributed by atoms with E-state index < -0.39 is 0 Å². The Morgan fingerprint density at radius 1 is 1.05 bits per heavy atom. The maximum atomic E-state index is 5.95. The Bertz CT molecular complexity index is 301. The third-order valence-corrected chi connectivity index (χ3v) is 6.07. The Morgan fingerprint density at radius 2 is 1.79 bits per heavy atom. The van der Waals surface area contributed by atoms with Crippen LogP contribution in [0.4, 0.5) is 0 Å². The first-order valence-electron chi connectivity index (χ1n) is 8.11. The molecule has 3 heterocycles. The molecular formula is C15H30N4. The molecule has 0 radical (unpaired) electrons. The fourth-order valence-corrected chi connectivity index (χ4v) is 4.47. The highest BCUT2D eigenvalue weighted by atomic mass is 15.4. The molecule has 0 aromatic carbocycles. The maximum Gasteiger partial charge on any atom is 0.0406 e. The van der Waals surface area contributed by atoms with E-state index in [-0.39, 0.29) is 0 Å². The van der Waals surface area contributed by atoms with Gasteiger partial charge in [0.2, 0.25) is 0 Å². The van der Waals surface area contributed by atoms with E-state index in [0.29, 0.717) is 12.1 Å². The molecule has 5 unspecified atom stereocenters. The van der Waals surface area contributed by atoms with E-state index in [1.54, 1.807) is 0 Å². The second kappa shape index (κ2) is 5.68. The molecule has 4 heteroatoms. The summed E-state index contributed by atoms with van der Waals surface area (Å²) in [6, 6.07) is 1.12. The topological polar surface area (TPSA) is 44.5 Å². The van der Waals surface area contributed by atoms with Crippen molar-refractivity contribution in [3.8, 4) is 0 Å². The Kier molecular flexibility index (Phi) is 4.13. The maximum absolute atomic E-state index is 5.95. The van der Waals surface area contributed by atoms with Gasteiger partial charge in [-0.15, -0.1) is 0 Å². The van der Waals surface area contributed by atoms with Crippen LogP contribution in [0.1, 0.15) is 33.1 Å². The average molecular weight is 266 g/mol. The molecule has 4 fully saturated rings. The van der Waals surface area contributed by atoms with Crippen molar-refractivity contribution in [2.45, 2.75) is 45.2 Å². The van der Waals surface area contributed by atoms with Crippen LogP contribution in [-0.4, -0.2) is 54.6 Å². The molecule has 5 atom stereocenters. The van der Waals surface area contributed by atoms with Crippen molar-refractivity contribution < 1.29 is 0 Å². The number of hydrogen-bond donors (Lipinski definition) is 2. The third kappa shape index (κ3) is 2.68. The lowest BCUT2D eigenvalue weighted by Crippen LogP contribution is -2.68. The molecule has 2 bridgehead atoms. The largest absolute Gasteiger partial charge is 0.299 e. The van der Waals surface area contributed by atoms with E-state index in [2.05, 4.69) is 29.1 Å². The molecule has 3 aliphatic heterocycles. The average Bonchev–Trinajstić information content (AvgIpc) is 2.45. The Labute approximate surface area is 117 Å². The minimum absolute atomic E-state index is 0.484. The van der Waals surface area contributed by atoms with Crippen LogP contribution in [0.3, 0.4) is 0 Å². The van der Waals surface area contributed by atoms with Gasteiger partial charge in [-0.05, 0) is 30.6 Å². The van der Waals surface area contributed by atoms with Gasteiger partial charge < -0.3 is 0 Å². The van der Waals surface area contributed by atoms with Gasteiger partial charge in [-0.3, -0.25) is 21.1 Å². The Hall–Kier alpha value is -0.160. The van der Waals surface area contributed by atoms with Crippen molar-refractivity contribution in [2.24, 2.45) is 23.6 Å². The summed E-state index contributed by atoms with van der Waals surface area (Å²) in [6.07, 6.45) is 4.07. The van der Waals surface area contributed by atoms with Crippen molar-refractivity contribution in [1.82, 2.24) is 15.2 Å². The summed E-state index contributed by atoms with van der Waals surface area (Å²) in [7, 11) is 0. The summed E-state index contributed by atoms with van der Waals surface area (Å²) in [5.74, 6) is 8.46. The standard InChI is InChI=1S/C15H30N4/c1-11-3-4-13(9-12(11)2)15(17-16)14-10-18-5-7-19(14)8-6-18/h11-15,17H,3-10,16H2,1-2H3. The van der Waals surface area contributed by atoms with Gasteiger partial charge in [-0.1, -0.05) is 20.3 Å². The fraction of sp³-hybridized carbons (Fsp3) is 1.00. The molecule has 4 rings (SSSR count). The summed E-state index contributed by atoms with van der Waals surface area (Å²) >= 11 is 0. The number of fused-ring (bicyclic) bond motifs is 3. The van der Waals surface area contributed by atoms with Gasteiger partial charge >= 0.3 is 0 Å². The van der Waals surface area contributed by atoms with Gasteiger partial charge in [0.25, 0.3) is 0 Å². The van der Waals surface area contributed by atoms with Crippen LogP contribution in [0.2, 0.25) is 0 Å². The van der Waals surface area contributed by atoms with Crippen LogP contribution in [-0.2, 0) is 0 Å². The number of piperazine rings is 3. The predicted octanol–water partition coefficient (Wildman–Crippen LogP) is 0.890. The molecule has 0 amide bonds. The van der Waals surface area contributed by atoms with E-state index in [4.69, 9.17) is 5.84 Å². The van der Waals surface area contributed by atoms with Crippen molar-refractivity contribution in [3.63, 3.8) is 0 Å². The SMILES string of the molecule is CC1CCC(C(NN)C2CN3CCN2CC3)CC1C. The van der Waals surface area contributed by atoms with Crippen LogP contribution in [0.15, 0.2) is 0 Å². The van der Waals surface area contributed by atoms with Gasteiger partial charge in [-0.25, -0.2) is 0 Å². The highest BCUT2D eigenvalue weighted by Crippen LogP contribution is 2.37. The van der Waals surface area contributed by atoms with E-state index in [1.807, 2.05) is 0 Å². The first-order chi connectivity index (χ1) is 9.19. The fourth-order valence-electron chi connectivity index (χ4n) is 4.47. The minimum Gasteiger partial charge on any atom is -0.299 e. The van der Waals surface area contributed by atoms with Crippen LogP contribution < -0.4 is 11.3 Å². The molecule has 4 nitrogen and oxygen atoms in total. The smallest absolute Gasteiger partial charge is 0.0406 e. The summed E-state index contributed by atoms with van der Waals surface area (Å²) in [4.78, 5) is 5.29. The van der Waals surface area contributed by atoms with Gasteiger partial charge in [-0.2, -0.15) is 0 Å². The molecule has 0 spiro atoms. The predicted molar refractivity (Wildman–Crippen MR) is 78.6 cm³/mol. The third-order valence-electron chi connectivity index (χ3n) is 6.07. The molecule has 0 aromatic rings. The van der Waals surface area contributed by atoms with E-state index >= 15 is 0 Å². The molecule has 19 heavy (non-hydrogen) atoms. The first kappa shape index (κ1) is 13.8. The number of hydrazine groups is 1. The summed E-state index contributed by atoms with van der Waals surface area (Å²) < 4.78 is 0. The lowest BCUT2D eigenvalue weighted by Gasteiger charge is -2.52. The minimum atomic E-state index is 0.484. The van der Waals surface area contributed by atoms with Gasteiger partial charge in [0.05, 0.1) is 0 Å². The number of nitrogens with two attached hydrogens (primary N) is 1. The summed E-state index contributed by atoms with van der Waals surface area (Å²) in [5.41, 5.74) is 3.19. The zero-order chi connectivity index (χ0) is 13.4. The van der Waals surface area contributed by atoms with Gasteiger partial charge in [0.1, 0.15) is 0 Å². The van der Waals surface area contributed by atoms with Crippen LogP contribution in [0.25, 0.3) is 0 Å². The van der Waals surface area contributed by atoms with E-state index in [1.165, 1.54) is 52.0 Å². The number of rotatable bonds is 3. The quantitative estimate of drug-likeness (QED) is 0.588. The molecule has 1 aliphatic carbocycles. The lowest BCUT2D eigenvalue weighted by molar-refractivity contribution is -0.0204. The Balaban J connectivity index is 1.67. The second-order valence-corrected chi connectivity index (χ2v) is 7.12. The van der Waals surface area contributed by atoms with Crippen molar-refractivity contribution in [2.75, 3.05) is 32.7 Å². The first-order valence-corrected chi connectivity index (χ1v) is 8.11. The number of hydrogen-bond acceptors (Lipinski definition) is 4. The highest BCUT2D eigenvalue weighted by molar-refractivity contribution is 4.98. The second-order valence-electron chi connectivity index (χ2n) is 7.12. The molecule has 1 saturated carbocycles. The molecule has 3 saturated heterocycles. The normalized spacial score (nSPS) is 48.2. The van der Waals surface area contributed by atoms with Crippen LogP contribution in [0.5, 0.6) is 0 Å². The molecule has 4 aliphatic rings. The zero-order valence-corrected chi connectivity index (χ0v) is 12.5. The molecule has 0 aromatic heterocycles. The highest BCUT2D eigenvalue weighted by Gasteiger charge is 2.41. The molecular weight excluding hydrogens is 236 g/mol. The summed E-state index contributed by atoms with van der Waals surface area (Å²) in [5, 5.41) is 0. The summed E-state index contributed by atoms with van der Waals surface area (Å²) in [6.45, 7) is 11.0. The van der Waals surface area contributed by atoms with Crippen molar-refractivity contribution >= 4 is 0 Å². The number of nitrogens with one attached hydrogen (secondary N) is 1. The van der Waals surface area contributed by atoms with E-state index in [0.717, 1.165) is 17.8 Å². The van der Waals surface area contributed by atoms with Gasteiger partial charge in [0.15, 0.2) is 0 Å². The monoisotopic (exact) mass is 266 g/mol. The van der Waals surface area contributed by atoms with Crippen LogP contribution in [0, 0.1) is 17.8 Å². The van der Waals surface area contributed by atoms with Crippen molar-refractivity contribution in [3.05, 3.63) is 0 Å². The lowest BCUT2D eigenvalue weighted by atomic mass is 9.71. The zero-order valence-electron chi connectivity index (χ0n) is 12.5. The van der Waals surface area contributed by atoms with E-state index in [9.17, 15) is 0 Å². The van der Waals surface area contributed by atoms with Crippen LogP contribution >= 0.6 is 0 Å². The Morgan fingerprint density at radius 3 is 2.32 bits per heavy atom. The molecule has 3 N–H and O–H groups in total.